The van der Waals surface area contributed by atoms with Crippen LogP contribution < -0.4 is 5.69 Å². The van der Waals surface area contributed by atoms with Crippen LogP contribution in [0, 0.1) is 5.92 Å². The fourth-order valence-electron chi connectivity index (χ4n) is 2.50. The van der Waals surface area contributed by atoms with Crippen LogP contribution in [0.1, 0.15) is 18.9 Å². The van der Waals surface area contributed by atoms with Crippen LogP contribution in [-0.4, -0.2) is 33.2 Å². The number of rotatable bonds is 3. The molecule has 0 unspecified atom stereocenters. The van der Waals surface area contributed by atoms with E-state index in [0.29, 0.717) is 17.1 Å². The maximum Gasteiger partial charge on any atom is 0.327 e. The highest BCUT2D eigenvalue weighted by Crippen LogP contribution is 2.37. The molecule has 2 aromatic heterocycles. The van der Waals surface area contributed by atoms with Gasteiger partial charge in [-0.3, -0.25) is 4.57 Å². The number of hydrogen-bond acceptors (Lipinski definition) is 4. The number of hydrogen-bond donors (Lipinski definition) is 1. The first-order valence-corrected chi connectivity index (χ1v) is 5.68. The summed E-state index contributed by atoms with van der Waals surface area (Å²) in [6.45, 7) is 0.766. The average molecular weight is 234 g/mol. The standard InChI is InChI=1S/C11H14N4O2/c1-17-5-7-2-8(3-7)15-10-9(14-11(15)16)4-12-6-13-10/h4,6-8H,2-3,5H2,1H3,(H,14,16). The maximum absolute atomic E-state index is 11.8. The van der Waals surface area contributed by atoms with Crippen molar-refractivity contribution in [1.29, 1.82) is 0 Å². The van der Waals surface area contributed by atoms with Crippen molar-refractivity contribution in [2.75, 3.05) is 13.7 Å². The van der Waals surface area contributed by atoms with E-state index >= 15 is 0 Å². The maximum atomic E-state index is 11.8. The molecule has 0 amide bonds. The van der Waals surface area contributed by atoms with E-state index in [1.165, 1.54) is 6.33 Å². The quantitative estimate of drug-likeness (QED) is 0.849. The van der Waals surface area contributed by atoms with Crippen molar-refractivity contribution < 1.29 is 4.74 Å². The molecule has 1 aliphatic rings. The number of nitrogens with zero attached hydrogens (tertiary/aromatic N) is 3. The second-order valence-corrected chi connectivity index (χ2v) is 4.51. The minimum absolute atomic E-state index is 0.0960. The molecule has 6 nitrogen and oxygen atoms in total. The summed E-state index contributed by atoms with van der Waals surface area (Å²) in [5, 5.41) is 0. The van der Waals surface area contributed by atoms with Crippen molar-refractivity contribution in [2.24, 2.45) is 5.92 Å². The normalized spacial score (nSPS) is 23.8. The van der Waals surface area contributed by atoms with E-state index in [0.717, 1.165) is 19.4 Å². The highest BCUT2D eigenvalue weighted by Gasteiger charge is 2.32. The van der Waals surface area contributed by atoms with Gasteiger partial charge in [-0.15, -0.1) is 0 Å². The predicted octanol–water partition coefficient (Wildman–Crippen LogP) is 0.717. The molecule has 0 atom stereocenters. The molecule has 0 bridgehead atoms. The van der Waals surface area contributed by atoms with Crippen molar-refractivity contribution in [3.63, 3.8) is 0 Å². The Labute approximate surface area is 97.7 Å². The first kappa shape index (κ1) is 10.5. The van der Waals surface area contributed by atoms with Gasteiger partial charge >= 0.3 is 5.69 Å². The molecule has 6 heteroatoms. The van der Waals surface area contributed by atoms with Gasteiger partial charge in [0.15, 0.2) is 5.65 Å². The molecule has 90 valence electrons. The molecule has 1 aliphatic carbocycles. The van der Waals surface area contributed by atoms with E-state index < -0.39 is 0 Å². The zero-order valence-corrected chi connectivity index (χ0v) is 9.59. The van der Waals surface area contributed by atoms with Crippen molar-refractivity contribution in [3.05, 3.63) is 23.0 Å². The monoisotopic (exact) mass is 234 g/mol. The van der Waals surface area contributed by atoms with E-state index in [1.54, 1.807) is 17.9 Å². The minimum Gasteiger partial charge on any atom is -0.384 e. The molecule has 2 aromatic rings. The summed E-state index contributed by atoms with van der Waals surface area (Å²) in [6.07, 6.45) is 5.05. The molecule has 0 radical (unpaired) electrons. The van der Waals surface area contributed by atoms with Gasteiger partial charge in [-0.05, 0) is 18.8 Å². The number of nitrogens with one attached hydrogen (secondary N) is 1. The lowest BCUT2D eigenvalue weighted by atomic mass is 9.81. The number of fused-ring (bicyclic) bond motifs is 1. The lowest BCUT2D eigenvalue weighted by molar-refractivity contribution is 0.0778. The average Bonchev–Trinajstić information content (AvgIpc) is 2.59. The van der Waals surface area contributed by atoms with E-state index in [2.05, 4.69) is 15.0 Å². The SMILES string of the molecule is COCC1CC(n2c(=O)[nH]c3cncnc32)C1. The van der Waals surface area contributed by atoms with Gasteiger partial charge in [0.2, 0.25) is 0 Å². The van der Waals surface area contributed by atoms with Crippen LogP contribution in [0.25, 0.3) is 11.2 Å². The Morgan fingerprint density at radius 3 is 3.18 bits per heavy atom. The predicted molar refractivity (Wildman–Crippen MR) is 61.8 cm³/mol. The molecular formula is C11H14N4O2. The Balaban J connectivity index is 1.91. The minimum atomic E-state index is -0.0960. The number of H-pyrrole nitrogens is 1. The Hall–Kier alpha value is -1.69. The summed E-state index contributed by atoms with van der Waals surface area (Å²) >= 11 is 0. The van der Waals surface area contributed by atoms with Crippen LogP contribution in [0.15, 0.2) is 17.3 Å². The molecule has 0 aromatic carbocycles. The summed E-state index contributed by atoms with van der Waals surface area (Å²) < 4.78 is 6.85. The first-order valence-electron chi connectivity index (χ1n) is 5.68. The zero-order valence-electron chi connectivity index (χ0n) is 9.59. The number of imidazole rings is 1. The molecule has 1 N–H and O–H groups in total. The summed E-state index contributed by atoms with van der Waals surface area (Å²) in [4.78, 5) is 22.7. The fourth-order valence-corrected chi connectivity index (χ4v) is 2.50. The molecule has 0 saturated heterocycles. The first-order chi connectivity index (χ1) is 8.29. The van der Waals surface area contributed by atoms with Gasteiger partial charge < -0.3 is 9.72 Å². The van der Waals surface area contributed by atoms with E-state index in [-0.39, 0.29) is 11.7 Å². The lowest BCUT2D eigenvalue weighted by Crippen LogP contribution is -2.34. The Morgan fingerprint density at radius 1 is 1.59 bits per heavy atom. The van der Waals surface area contributed by atoms with Crippen molar-refractivity contribution in [1.82, 2.24) is 19.5 Å². The van der Waals surface area contributed by atoms with Crippen LogP contribution >= 0.6 is 0 Å². The zero-order chi connectivity index (χ0) is 11.8. The van der Waals surface area contributed by atoms with Crippen molar-refractivity contribution >= 4 is 11.2 Å². The molecule has 17 heavy (non-hydrogen) atoms. The lowest BCUT2D eigenvalue weighted by Gasteiger charge is -2.35. The van der Waals surface area contributed by atoms with Gasteiger partial charge in [0, 0.05) is 19.8 Å². The third kappa shape index (κ3) is 1.64. The van der Waals surface area contributed by atoms with Crippen molar-refractivity contribution in [2.45, 2.75) is 18.9 Å². The topological polar surface area (TPSA) is 72.8 Å². The number of aromatic amines is 1. The van der Waals surface area contributed by atoms with E-state index in [9.17, 15) is 4.79 Å². The van der Waals surface area contributed by atoms with E-state index in [1.807, 2.05) is 0 Å². The second kappa shape index (κ2) is 3.96. The Bertz CT molecular complexity index is 582. The summed E-state index contributed by atoms with van der Waals surface area (Å²) in [5.41, 5.74) is 1.31. The number of aromatic nitrogens is 4. The largest absolute Gasteiger partial charge is 0.384 e. The molecular weight excluding hydrogens is 220 g/mol. The molecule has 1 fully saturated rings. The van der Waals surface area contributed by atoms with Crippen LogP contribution in [0.5, 0.6) is 0 Å². The van der Waals surface area contributed by atoms with Crippen LogP contribution in [0.2, 0.25) is 0 Å². The van der Waals surface area contributed by atoms with Gasteiger partial charge in [0.05, 0.1) is 6.20 Å². The van der Waals surface area contributed by atoms with Crippen LogP contribution in [0.4, 0.5) is 0 Å². The van der Waals surface area contributed by atoms with E-state index in [4.69, 9.17) is 4.74 Å². The third-order valence-corrected chi connectivity index (χ3v) is 3.36. The van der Waals surface area contributed by atoms with Crippen LogP contribution in [0.3, 0.4) is 0 Å². The smallest absolute Gasteiger partial charge is 0.327 e. The molecule has 3 rings (SSSR count). The number of ether oxygens (including phenoxy) is 1. The molecule has 2 heterocycles. The third-order valence-electron chi connectivity index (χ3n) is 3.36. The Kier molecular flexibility index (Phi) is 2.44. The molecule has 1 saturated carbocycles. The van der Waals surface area contributed by atoms with Gasteiger partial charge in [0.1, 0.15) is 11.8 Å². The molecule has 0 spiro atoms. The Morgan fingerprint density at radius 2 is 2.41 bits per heavy atom. The van der Waals surface area contributed by atoms with Gasteiger partial charge in [-0.2, -0.15) is 0 Å². The van der Waals surface area contributed by atoms with Crippen molar-refractivity contribution in [3.8, 4) is 0 Å². The highest BCUT2D eigenvalue weighted by atomic mass is 16.5. The van der Waals surface area contributed by atoms with Gasteiger partial charge in [0.25, 0.3) is 0 Å². The summed E-state index contributed by atoms with van der Waals surface area (Å²) in [6, 6.07) is 0.242. The fraction of sp³-hybridized carbons (Fsp3) is 0.545. The highest BCUT2D eigenvalue weighted by molar-refractivity contribution is 5.69. The van der Waals surface area contributed by atoms with Gasteiger partial charge in [-0.1, -0.05) is 0 Å². The van der Waals surface area contributed by atoms with Crippen LogP contribution in [-0.2, 0) is 4.74 Å². The molecule has 0 aliphatic heterocycles. The summed E-state index contributed by atoms with van der Waals surface area (Å²) in [7, 11) is 1.71. The second-order valence-electron chi connectivity index (χ2n) is 4.51. The summed E-state index contributed by atoms with van der Waals surface area (Å²) in [5.74, 6) is 0.559. The number of methoxy groups -OCH3 is 1. The van der Waals surface area contributed by atoms with Gasteiger partial charge in [-0.25, -0.2) is 14.8 Å².